The van der Waals surface area contributed by atoms with E-state index in [4.69, 9.17) is 9.97 Å². The Morgan fingerprint density at radius 3 is 1.68 bits per heavy atom. The Hall–Kier alpha value is -4.68. The summed E-state index contributed by atoms with van der Waals surface area (Å²) < 4.78 is 0. The van der Waals surface area contributed by atoms with Gasteiger partial charge in [0.1, 0.15) is 0 Å². The van der Waals surface area contributed by atoms with Crippen molar-refractivity contribution in [1.82, 2.24) is 20.6 Å². The lowest BCUT2D eigenvalue weighted by Gasteiger charge is -2.18. The standard InChI is InChI=1S/C32H31N5.C2H7N/c1-33-26-15-7-12-23(18-19-26)30-32(25-14-9-17-28(21-25)35-3)37-31(24-13-8-16-27(20-24)34-2)29(36-30)22-10-5-4-6-11-22;1-3-2/h4-17,19-21,33-35H,18H2,1-3H3;3H,1-2H3. The van der Waals surface area contributed by atoms with Gasteiger partial charge in [-0.05, 0) is 56.4 Å². The van der Waals surface area contributed by atoms with Crippen LogP contribution in [-0.2, 0) is 0 Å². The normalized spacial score (nSPS) is 12.3. The molecule has 0 radical (unpaired) electrons. The number of benzene rings is 3. The number of allylic oxidation sites excluding steroid dienone is 5. The molecule has 4 aromatic rings. The molecule has 1 aliphatic rings. The lowest BCUT2D eigenvalue weighted by atomic mass is 9.97. The molecular weight excluding hydrogens is 492 g/mol. The summed E-state index contributed by atoms with van der Waals surface area (Å²) in [4.78, 5) is 10.7. The smallest absolute Gasteiger partial charge is 0.0974 e. The Morgan fingerprint density at radius 1 is 0.575 bits per heavy atom. The largest absolute Gasteiger partial charge is 0.388 e. The summed E-state index contributed by atoms with van der Waals surface area (Å²) in [5, 5.41) is 12.5. The van der Waals surface area contributed by atoms with E-state index in [0.29, 0.717) is 0 Å². The molecule has 1 heterocycles. The van der Waals surface area contributed by atoms with Gasteiger partial charge in [-0.15, -0.1) is 0 Å². The maximum absolute atomic E-state index is 5.37. The van der Waals surface area contributed by atoms with Gasteiger partial charge in [-0.1, -0.05) is 72.8 Å². The molecule has 0 bridgehead atoms. The maximum atomic E-state index is 5.37. The van der Waals surface area contributed by atoms with Crippen LogP contribution < -0.4 is 21.3 Å². The predicted molar refractivity (Wildman–Crippen MR) is 171 cm³/mol. The maximum Gasteiger partial charge on any atom is 0.0974 e. The van der Waals surface area contributed by atoms with Gasteiger partial charge in [-0.3, -0.25) is 0 Å². The van der Waals surface area contributed by atoms with Crippen LogP contribution in [0.1, 0.15) is 12.1 Å². The highest BCUT2D eigenvalue weighted by Crippen LogP contribution is 2.37. The molecule has 0 unspecified atom stereocenters. The minimum Gasteiger partial charge on any atom is -0.388 e. The van der Waals surface area contributed by atoms with Crippen molar-refractivity contribution in [1.29, 1.82) is 0 Å². The summed E-state index contributed by atoms with van der Waals surface area (Å²) >= 11 is 0. The van der Waals surface area contributed by atoms with Crippen LogP contribution in [0.3, 0.4) is 0 Å². The number of nitrogens with zero attached hydrogens (tertiary/aromatic N) is 2. The molecule has 1 aliphatic carbocycles. The molecule has 0 aliphatic heterocycles. The minimum atomic E-state index is 0.749. The van der Waals surface area contributed by atoms with Crippen LogP contribution in [0.4, 0.5) is 11.4 Å². The lowest BCUT2D eigenvalue weighted by molar-refractivity contribution is 1.02. The molecule has 5 rings (SSSR count). The van der Waals surface area contributed by atoms with Crippen LogP contribution in [0.5, 0.6) is 0 Å². The highest BCUT2D eigenvalue weighted by molar-refractivity contribution is 5.87. The van der Waals surface area contributed by atoms with Gasteiger partial charge in [-0.25, -0.2) is 9.97 Å². The zero-order valence-corrected chi connectivity index (χ0v) is 23.9. The van der Waals surface area contributed by atoms with Gasteiger partial charge in [0, 0.05) is 54.9 Å². The molecule has 6 heteroatoms. The van der Waals surface area contributed by atoms with Crippen molar-refractivity contribution in [3.8, 4) is 33.8 Å². The lowest BCUT2D eigenvalue weighted by Crippen LogP contribution is -2.04. The van der Waals surface area contributed by atoms with E-state index in [1.54, 1.807) is 0 Å². The van der Waals surface area contributed by atoms with Crippen LogP contribution in [0.2, 0.25) is 0 Å². The van der Waals surface area contributed by atoms with E-state index in [-0.39, 0.29) is 0 Å². The number of hydrogen-bond acceptors (Lipinski definition) is 6. The molecule has 204 valence electrons. The summed E-state index contributed by atoms with van der Waals surface area (Å²) in [7, 11) is 9.55. The number of nitrogens with one attached hydrogen (secondary N) is 4. The monoisotopic (exact) mass is 530 g/mol. The fourth-order valence-electron chi connectivity index (χ4n) is 4.49. The molecule has 1 aromatic heterocycles. The molecule has 0 saturated carbocycles. The molecule has 3 aromatic carbocycles. The fourth-order valence-corrected chi connectivity index (χ4v) is 4.49. The van der Waals surface area contributed by atoms with Gasteiger partial charge in [0.15, 0.2) is 0 Å². The van der Waals surface area contributed by atoms with E-state index in [1.807, 2.05) is 53.4 Å². The number of aromatic nitrogens is 2. The van der Waals surface area contributed by atoms with Gasteiger partial charge in [-0.2, -0.15) is 0 Å². The quantitative estimate of drug-likeness (QED) is 0.210. The van der Waals surface area contributed by atoms with Crippen molar-refractivity contribution in [3.63, 3.8) is 0 Å². The van der Waals surface area contributed by atoms with Gasteiger partial charge in [0.05, 0.1) is 22.8 Å². The topological polar surface area (TPSA) is 73.9 Å². The molecule has 4 N–H and O–H groups in total. The molecule has 6 nitrogen and oxygen atoms in total. The average Bonchev–Trinajstić information content (AvgIpc) is 3.27. The SMILES string of the molecule is CNC.CNC1=CCC(c2nc(-c3ccccc3)c(-c3cccc(NC)c3)nc2-c2cccc(NC)c2)=CC=C1. The third kappa shape index (κ3) is 6.65. The Balaban J connectivity index is 0.00000118. The molecule has 0 fully saturated rings. The third-order valence-electron chi connectivity index (χ3n) is 6.50. The number of anilines is 2. The second-order valence-electron chi connectivity index (χ2n) is 9.31. The van der Waals surface area contributed by atoms with Gasteiger partial charge in [0.25, 0.3) is 0 Å². The Labute approximate surface area is 238 Å². The summed E-state index contributed by atoms with van der Waals surface area (Å²) in [5.41, 5.74) is 10.8. The summed E-state index contributed by atoms with van der Waals surface area (Å²) in [6.45, 7) is 0. The fraction of sp³-hybridized carbons (Fsp3) is 0.176. The first-order valence-corrected chi connectivity index (χ1v) is 13.5. The van der Waals surface area contributed by atoms with Crippen LogP contribution >= 0.6 is 0 Å². The van der Waals surface area contributed by atoms with Crippen LogP contribution in [-0.4, -0.2) is 45.2 Å². The zero-order valence-electron chi connectivity index (χ0n) is 23.9. The Bertz CT molecular complexity index is 1520. The zero-order chi connectivity index (χ0) is 28.3. The number of hydrogen-bond donors (Lipinski definition) is 4. The molecule has 0 atom stereocenters. The Morgan fingerprint density at radius 2 is 1.10 bits per heavy atom. The van der Waals surface area contributed by atoms with E-state index in [0.717, 1.165) is 68.5 Å². The van der Waals surface area contributed by atoms with Crippen LogP contribution in [0, 0.1) is 0 Å². The Kier molecular flexibility index (Phi) is 9.86. The van der Waals surface area contributed by atoms with Crippen LogP contribution in [0.25, 0.3) is 39.3 Å². The minimum absolute atomic E-state index is 0.749. The first kappa shape index (κ1) is 28.3. The second kappa shape index (κ2) is 13.9. The molecular formula is C34H38N6. The molecule has 0 spiro atoms. The van der Waals surface area contributed by atoms with Crippen molar-refractivity contribution in [2.75, 3.05) is 45.9 Å². The van der Waals surface area contributed by atoms with E-state index in [9.17, 15) is 0 Å². The number of likely N-dealkylation sites (N-methyl/N-ethyl adjacent to an activating group) is 1. The highest BCUT2D eigenvalue weighted by Gasteiger charge is 2.21. The average molecular weight is 531 g/mol. The third-order valence-corrected chi connectivity index (χ3v) is 6.50. The second-order valence-corrected chi connectivity index (χ2v) is 9.31. The van der Waals surface area contributed by atoms with E-state index >= 15 is 0 Å². The highest BCUT2D eigenvalue weighted by atomic mass is 14.9. The van der Waals surface area contributed by atoms with Crippen molar-refractivity contribution >= 4 is 16.9 Å². The van der Waals surface area contributed by atoms with Crippen molar-refractivity contribution in [2.45, 2.75) is 6.42 Å². The summed E-state index contributed by atoms with van der Waals surface area (Å²) in [6.07, 6.45) is 9.24. The number of rotatable bonds is 7. The van der Waals surface area contributed by atoms with Crippen molar-refractivity contribution in [3.05, 3.63) is 115 Å². The predicted octanol–water partition coefficient (Wildman–Crippen LogP) is 6.84. The van der Waals surface area contributed by atoms with Gasteiger partial charge >= 0.3 is 0 Å². The van der Waals surface area contributed by atoms with E-state index in [1.165, 1.54) is 0 Å². The summed E-state index contributed by atoms with van der Waals surface area (Å²) in [5.74, 6) is 0. The molecule has 0 saturated heterocycles. The summed E-state index contributed by atoms with van der Waals surface area (Å²) in [6, 6.07) is 27.0. The van der Waals surface area contributed by atoms with E-state index in [2.05, 4.69) is 106 Å². The van der Waals surface area contributed by atoms with Gasteiger partial charge < -0.3 is 21.3 Å². The first-order valence-electron chi connectivity index (χ1n) is 13.5. The van der Waals surface area contributed by atoms with Crippen molar-refractivity contribution in [2.24, 2.45) is 0 Å². The van der Waals surface area contributed by atoms with Crippen LogP contribution in [0.15, 0.2) is 109 Å². The van der Waals surface area contributed by atoms with E-state index < -0.39 is 0 Å². The van der Waals surface area contributed by atoms with Crippen molar-refractivity contribution < 1.29 is 0 Å². The molecule has 0 amide bonds. The van der Waals surface area contributed by atoms with Gasteiger partial charge in [0.2, 0.25) is 0 Å². The molecule has 40 heavy (non-hydrogen) atoms. The first-order chi connectivity index (χ1) is 19.6.